The minimum atomic E-state index is 0.0335. The second-order valence-corrected chi connectivity index (χ2v) is 3.72. The standard InChI is InChI=1S/C12H10NO2/c14-12(13-6-3-7-13)10-8-15-11-5-2-1-4-9(10)11/h1-2,4-5H,3,6-7H2. The van der Waals surface area contributed by atoms with Crippen molar-refractivity contribution in [3.63, 3.8) is 0 Å². The van der Waals surface area contributed by atoms with Crippen LogP contribution in [-0.2, 0) is 0 Å². The van der Waals surface area contributed by atoms with Crippen LogP contribution in [0.15, 0.2) is 28.7 Å². The number of nitrogens with zero attached hydrogens (tertiary/aromatic N) is 1. The molecule has 1 aliphatic rings. The smallest absolute Gasteiger partial charge is 0.258 e. The van der Waals surface area contributed by atoms with E-state index in [-0.39, 0.29) is 5.91 Å². The Morgan fingerprint density at radius 3 is 2.87 bits per heavy atom. The summed E-state index contributed by atoms with van der Waals surface area (Å²) in [5.41, 5.74) is 1.28. The molecule has 1 aromatic heterocycles. The van der Waals surface area contributed by atoms with Crippen LogP contribution in [0.25, 0.3) is 11.0 Å². The fourth-order valence-electron chi connectivity index (χ4n) is 1.76. The van der Waals surface area contributed by atoms with E-state index in [0.717, 1.165) is 30.5 Å². The number of benzene rings is 1. The SMILES string of the molecule is O=C(c1[c]oc2ccccc12)N1CCC1. The number of fused-ring (bicyclic) bond motifs is 1. The highest BCUT2D eigenvalue weighted by atomic mass is 16.3. The molecule has 3 heteroatoms. The first kappa shape index (κ1) is 8.53. The van der Waals surface area contributed by atoms with Gasteiger partial charge in [0, 0.05) is 18.5 Å². The van der Waals surface area contributed by atoms with Gasteiger partial charge < -0.3 is 9.32 Å². The van der Waals surface area contributed by atoms with Gasteiger partial charge in [-0.25, -0.2) is 0 Å². The maximum atomic E-state index is 11.9. The van der Waals surface area contributed by atoms with Gasteiger partial charge in [0.15, 0.2) is 6.26 Å². The van der Waals surface area contributed by atoms with Gasteiger partial charge in [0.25, 0.3) is 5.91 Å². The fraction of sp³-hybridized carbons (Fsp3) is 0.250. The van der Waals surface area contributed by atoms with Crippen LogP contribution in [0.1, 0.15) is 16.8 Å². The van der Waals surface area contributed by atoms with Gasteiger partial charge >= 0.3 is 0 Å². The average Bonchev–Trinajstić information content (AvgIpc) is 2.58. The van der Waals surface area contributed by atoms with Crippen LogP contribution in [0.3, 0.4) is 0 Å². The van der Waals surface area contributed by atoms with Crippen molar-refractivity contribution in [2.75, 3.05) is 13.1 Å². The lowest BCUT2D eigenvalue weighted by atomic mass is 10.1. The lowest BCUT2D eigenvalue weighted by molar-refractivity contribution is 0.0652. The van der Waals surface area contributed by atoms with E-state index < -0.39 is 0 Å². The zero-order valence-corrected chi connectivity index (χ0v) is 8.19. The van der Waals surface area contributed by atoms with Gasteiger partial charge in [-0.2, -0.15) is 0 Å². The van der Waals surface area contributed by atoms with Gasteiger partial charge in [-0.05, 0) is 12.5 Å². The van der Waals surface area contributed by atoms with Crippen molar-refractivity contribution in [2.24, 2.45) is 0 Å². The molecule has 0 aliphatic carbocycles. The van der Waals surface area contributed by atoms with E-state index in [1.54, 1.807) is 0 Å². The Morgan fingerprint density at radius 2 is 2.13 bits per heavy atom. The second-order valence-electron chi connectivity index (χ2n) is 3.72. The van der Waals surface area contributed by atoms with Crippen LogP contribution >= 0.6 is 0 Å². The molecule has 75 valence electrons. The topological polar surface area (TPSA) is 33.5 Å². The molecule has 3 rings (SSSR count). The highest BCUT2D eigenvalue weighted by Crippen LogP contribution is 2.23. The summed E-state index contributed by atoms with van der Waals surface area (Å²) in [5.74, 6) is 0.0335. The summed E-state index contributed by atoms with van der Waals surface area (Å²) in [6, 6.07) is 7.53. The summed E-state index contributed by atoms with van der Waals surface area (Å²) in [6.45, 7) is 1.71. The third-order valence-corrected chi connectivity index (χ3v) is 2.78. The summed E-state index contributed by atoms with van der Waals surface area (Å²) in [4.78, 5) is 13.8. The maximum Gasteiger partial charge on any atom is 0.258 e. The van der Waals surface area contributed by atoms with Gasteiger partial charge in [0.05, 0.1) is 5.56 Å². The van der Waals surface area contributed by atoms with Crippen LogP contribution in [0.2, 0.25) is 0 Å². The van der Waals surface area contributed by atoms with Crippen LogP contribution < -0.4 is 0 Å². The highest BCUT2D eigenvalue weighted by molar-refractivity contribution is 6.05. The van der Waals surface area contributed by atoms with E-state index in [9.17, 15) is 4.79 Å². The van der Waals surface area contributed by atoms with Gasteiger partial charge in [-0.1, -0.05) is 18.2 Å². The molecule has 1 aromatic carbocycles. The molecule has 1 radical (unpaired) electrons. The summed E-state index contributed by atoms with van der Waals surface area (Å²) in [7, 11) is 0. The van der Waals surface area contributed by atoms with Gasteiger partial charge in [0.2, 0.25) is 0 Å². The minimum Gasteiger partial charge on any atom is -0.452 e. The summed E-state index contributed by atoms with van der Waals surface area (Å²) < 4.78 is 5.22. The largest absolute Gasteiger partial charge is 0.452 e. The maximum absolute atomic E-state index is 11.9. The zero-order chi connectivity index (χ0) is 10.3. The number of furan rings is 1. The number of hydrogen-bond donors (Lipinski definition) is 0. The number of para-hydroxylation sites is 1. The van der Waals surface area contributed by atoms with E-state index in [2.05, 4.69) is 6.26 Å². The number of hydrogen-bond acceptors (Lipinski definition) is 2. The first-order valence-corrected chi connectivity index (χ1v) is 5.05. The van der Waals surface area contributed by atoms with Crippen molar-refractivity contribution < 1.29 is 9.21 Å². The Labute approximate surface area is 87.3 Å². The molecule has 1 fully saturated rings. The molecular formula is C12H10NO2. The van der Waals surface area contributed by atoms with Crippen LogP contribution in [0.5, 0.6) is 0 Å². The Kier molecular flexibility index (Phi) is 1.78. The molecule has 0 bridgehead atoms. The molecule has 0 spiro atoms. The number of amides is 1. The number of rotatable bonds is 1. The van der Waals surface area contributed by atoms with Crippen LogP contribution in [0.4, 0.5) is 0 Å². The van der Waals surface area contributed by atoms with Crippen molar-refractivity contribution in [2.45, 2.75) is 6.42 Å². The lowest BCUT2D eigenvalue weighted by Crippen LogP contribution is -2.41. The molecule has 1 amide bonds. The monoisotopic (exact) mass is 200 g/mol. The Hall–Kier alpha value is -1.77. The van der Waals surface area contributed by atoms with E-state index in [1.807, 2.05) is 29.2 Å². The van der Waals surface area contributed by atoms with Crippen LogP contribution in [-0.4, -0.2) is 23.9 Å². The van der Waals surface area contributed by atoms with Crippen LogP contribution in [0, 0.1) is 6.26 Å². The molecule has 15 heavy (non-hydrogen) atoms. The van der Waals surface area contributed by atoms with Crippen molar-refractivity contribution in [1.82, 2.24) is 4.90 Å². The van der Waals surface area contributed by atoms with Gasteiger partial charge in [-0.3, -0.25) is 4.79 Å². The van der Waals surface area contributed by atoms with E-state index in [0.29, 0.717) is 5.56 Å². The first-order chi connectivity index (χ1) is 7.36. The van der Waals surface area contributed by atoms with E-state index in [1.165, 1.54) is 0 Å². The Bertz CT molecular complexity index is 511. The molecule has 2 aromatic rings. The predicted octanol–water partition coefficient (Wildman–Crippen LogP) is 2.08. The van der Waals surface area contributed by atoms with E-state index >= 15 is 0 Å². The molecule has 1 saturated heterocycles. The third kappa shape index (κ3) is 1.23. The van der Waals surface area contributed by atoms with Crippen molar-refractivity contribution in [1.29, 1.82) is 0 Å². The van der Waals surface area contributed by atoms with Crippen molar-refractivity contribution >= 4 is 16.9 Å². The Balaban J connectivity index is 2.06. The summed E-state index contributed by atoms with van der Waals surface area (Å²) in [6.07, 6.45) is 3.80. The Morgan fingerprint density at radius 1 is 1.33 bits per heavy atom. The van der Waals surface area contributed by atoms with Crippen molar-refractivity contribution in [3.05, 3.63) is 36.1 Å². The van der Waals surface area contributed by atoms with Crippen molar-refractivity contribution in [3.8, 4) is 0 Å². The minimum absolute atomic E-state index is 0.0335. The average molecular weight is 200 g/mol. The van der Waals surface area contributed by atoms with Gasteiger partial charge in [-0.15, -0.1) is 0 Å². The number of likely N-dealkylation sites (tertiary alicyclic amines) is 1. The number of carbonyl (C=O) groups excluding carboxylic acids is 1. The quantitative estimate of drug-likeness (QED) is 0.706. The molecule has 1 aliphatic heterocycles. The van der Waals surface area contributed by atoms with Gasteiger partial charge in [0.1, 0.15) is 5.58 Å². The summed E-state index contributed by atoms with van der Waals surface area (Å²) in [5, 5.41) is 0.856. The molecule has 0 unspecified atom stereocenters. The molecular weight excluding hydrogens is 190 g/mol. The predicted molar refractivity (Wildman–Crippen MR) is 55.6 cm³/mol. The molecule has 0 saturated carbocycles. The molecule has 2 heterocycles. The lowest BCUT2D eigenvalue weighted by Gasteiger charge is -2.30. The molecule has 0 atom stereocenters. The number of carbonyl (C=O) groups is 1. The zero-order valence-electron chi connectivity index (χ0n) is 8.19. The second kappa shape index (κ2) is 3.12. The fourth-order valence-corrected chi connectivity index (χ4v) is 1.76. The molecule has 3 nitrogen and oxygen atoms in total. The molecule has 0 N–H and O–H groups in total. The van der Waals surface area contributed by atoms with E-state index in [4.69, 9.17) is 4.42 Å². The third-order valence-electron chi connectivity index (χ3n) is 2.78. The summed E-state index contributed by atoms with van der Waals surface area (Å²) >= 11 is 0. The normalized spacial score (nSPS) is 15.3. The first-order valence-electron chi connectivity index (χ1n) is 5.05. The highest BCUT2D eigenvalue weighted by Gasteiger charge is 2.24.